The Morgan fingerprint density at radius 2 is 1.61 bits per heavy atom. The van der Waals surface area contributed by atoms with Crippen molar-refractivity contribution in [2.75, 3.05) is 26.2 Å². The van der Waals surface area contributed by atoms with E-state index < -0.39 is 129 Å². The summed E-state index contributed by atoms with van der Waals surface area (Å²) in [5.41, 5.74) is -4.01. The predicted octanol–water partition coefficient (Wildman–Crippen LogP) is 7.10. The first-order valence-electron chi connectivity index (χ1n) is 22.7. The fraction of sp³-hybridized carbons (Fsp3) is 0.532. The first kappa shape index (κ1) is 56.4. The van der Waals surface area contributed by atoms with Gasteiger partial charge in [0.2, 0.25) is 23.9 Å². The van der Waals surface area contributed by atoms with E-state index >= 15 is 0 Å². The number of ether oxygens (including phenoxy) is 2. The van der Waals surface area contributed by atoms with E-state index in [2.05, 4.69) is 15.8 Å². The maximum atomic E-state index is 14.5. The van der Waals surface area contributed by atoms with Crippen molar-refractivity contribution in [3.8, 4) is 11.5 Å². The van der Waals surface area contributed by atoms with Crippen LogP contribution < -0.4 is 25.3 Å². The zero-order valence-corrected chi connectivity index (χ0v) is 43.5. The zero-order valence-electron chi connectivity index (χ0n) is 41.7. The summed E-state index contributed by atoms with van der Waals surface area (Å²) in [6, 6.07) is 4.63. The van der Waals surface area contributed by atoms with Gasteiger partial charge in [-0.1, -0.05) is 31.1 Å². The lowest BCUT2D eigenvalue weighted by Crippen LogP contribution is -2.50. The molecule has 3 heterocycles. The summed E-state index contributed by atoms with van der Waals surface area (Å²) in [5, 5.41) is 9.20. The molecule has 2 bridgehead atoms. The maximum absolute atomic E-state index is 14.5. The molecule has 0 spiro atoms. The van der Waals surface area contributed by atoms with Gasteiger partial charge in [0.1, 0.15) is 35.8 Å². The van der Waals surface area contributed by atoms with Gasteiger partial charge in [-0.05, 0) is 85.6 Å². The highest BCUT2D eigenvalue weighted by Gasteiger charge is 2.40. The summed E-state index contributed by atoms with van der Waals surface area (Å²) in [6.45, 7) is 17.1. The standard InChI is InChI=1S/C47H63F2N5O15P2/c1-27-16-31(19-37(55)51-25-70(60,68-45(4,5)6)69-46(7,8)9)39(36(17-27)67-71(61,62)63)47(10,11)21-38(56)64-26-65-42-40-44(59)53-23-33(18-28(2)52-66-15-14-29(53)3)54(40)24-34(41(42)57)43(58)50-22-30-12-13-32(48)20-35(30)49/h12-13,16-17,20,24,29,33H,14-15,18-19,21-23,25-26H2,1-11H3,(H,50,58)(H,51,55)(H2,61,62,63)/b52-28-/t29-,33-/m0/s1. The van der Waals surface area contributed by atoms with E-state index in [1.54, 1.807) is 68.4 Å². The summed E-state index contributed by atoms with van der Waals surface area (Å²) >= 11 is 0. The van der Waals surface area contributed by atoms with Gasteiger partial charge in [0, 0.05) is 60.8 Å². The quantitative estimate of drug-likeness (QED) is 0.0597. The monoisotopic (exact) mass is 1040 g/mol. The molecular weight excluding hydrogens is 974 g/mol. The number of nitrogens with zero attached hydrogens (tertiary/aromatic N) is 3. The smallest absolute Gasteiger partial charge is 0.451 e. The van der Waals surface area contributed by atoms with Gasteiger partial charge < -0.3 is 48.0 Å². The molecule has 20 nitrogen and oxygen atoms in total. The van der Waals surface area contributed by atoms with Gasteiger partial charge in [0.25, 0.3) is 11.8 Å². The Bertz CT molecular complexity index is 2710. The van der Waals surface area contributed by atoms with Crippen molar-refractivity contribution in [1.82, 2.24) is 20.1 Å². The lowest BCUT2D eigenvalue weighted by molar-refractivity contribution is -0.151. The van der Waals surface area contributed by atoms with Crippen LogP contribution in [0.2, 0.25) is 0 Å². The third-order valence-electron chi connectivity index (χ3n) is 10.9. The number of hydrogen-bond donors (Lipinski definition) is 4. The number of amides is 3. The second-order valence-electron chi connectivity index (χ2n) is 20.2. The third-order valence-corrected chi connectivity index (χ3v) is 13.6. The molecule has 5 rings (SSSR count). The maximum Gasteiger partial charge on any atom is 0.524 e. The summed E-state index contributed by atoms with van der Waals surface area (Å²) in [7, 11) is -9.19. The molecule has 0 aliphatic carbocycles. The van der Waals surface area contributed by atoms with Gasteiger partial charge in [0.15, 0.2) is 5.69 Å². The number of oxime groups is 1. The second-order valence-corrected chi connectivity index (χ2v) is 23.2. The average Bonchev–Trinajstić information content (AvgIpc) is 3.20. The molecular formula is C47H63F2N5O15P2. The lowest BCUT2D eigenvalue weighted by Gasteiger charge is -2.40. The minimum absolute atomic E-state index is 0.0364. The van der Waals surface area contributed by atoms with Crippen molar-refractivity contribution in [3.63, 3.8) is 0 Å². The van der Waals surface area contributed by atoms with E-state index in [1.165, 1.54) is 35.6 Å². The van der Waals surface area contributed by atoms with Crippen LogP contribution in [0.25, 0.3) is 0 Å². The Morgan fingerprint density at radius 3 is 2.23 bits per heavy atom. The van der Waals surface area contributed by atoms with Gasteiger partial charge in [-0.2, -0.15) is 0 Å². The second kappa shape index (κ2) is 22.1. The first-order valence-corrected chi connectivity index (χ1v) is 25.9. The molecule has 0 saturated carbocycles. The molecule has 24 heteroatoms. The number of phosphoric acid groups is 1. The highest BCUT2D eigenvalue weighted by atomic mass is 31.2. The number of hydrogen-bond acceptors (Lipinski definition) is 14. The summed E-state index contributed by atoms with van der Waals surface area (Å²) < 4.78 is 83.7. The van der Waals surface area contributed by atoms with Crippen LogP contribution in [-0.2, 0) is 55.7 Å². The third kappa shape index (κ3) is 15.5. The van der Waals surface area contributed by atoms with E-state index in [4.69, 9.17) is 27.9 Å². The molecule has 2 aromatic carbocycles. The molecule has 3 amide bonds. The molecule has 0 radical (unpaired) electrons. The SMILES string of the molecule is C/C1=N/OCC[C@H](C)N2C[C@H](C1)n1cc(C(=O)NCc3ccc(F)cc3F)c(=O)c(OCOC(=O)CC(C)(C)c3c(CC(=O)NCP(=O)(OC(C)(C)C)OC(C)(C)C)cc(C)cc3OP(=O)(O)O)c1C2=O. The minimum Gasteiger partial charge on any atom is -0.451 e. The predicted molar refractivity (Wildman–Crippen MR) is 255 cm³/mol. The van der Waals surface area contributed by atoms with Crippen molar-refractivity contribution in [2.45, 2.75) is 137 Å². The van der Waals surface area contributed by atoms with E-state index in [9.17, 15) is 51.7 Å². The van der Waals surface area contributed by atoms with Crippen molar-refractivity contribution >= 4 is 44.8 Å². The molecule has 390 valence electrons. The number of esters is 1. The van der Waals surface area contributed by atoms with Crippen LogP contribution >= 0.6 is 15.4 Å². The zero-order chi connectivity index (χ0) is 53.0. The Labute approximate surface area is 410 Å². The fourth-order valence-electron chi connectivity index (χ4n) is 8.25. The van der Waals surface area contributed by atoms with Gasteiger partial charge in [-0.15, -0.1) is 0 Å². The van der Waals surface area contributed by atoms with Crippen molar-refractivity contribution < 1.29 is 74.8 Å². The van der Waals surface area contributed by atoms with E-state index in [-0.39, 0.29) is 47.7 Å². The number of fused-ring (bicyclic) bond motifs is 4. The number of carbonyl (C=O) groups is 4. The highest BCUT2D eigenvalue weighted by molar-refractivity contribution is 7.53. The van der Waals surface area contributed by atoms with E-state index in [1.807, 2.05) is 0 Å². The first-order chi connectivity index (χ1) is 32.7. The summed E-state index contributed by atoms with van der Waals surface area (Å²) in [6.07, 6.45) is 0.235. The molecule has 0 saturated heterocycles. The van der Waals surface area contributed by atoms with Crippen LogP contribution in [0, 0.1) is 18.6 Å². The van der Waals surface area contributed by atoms with Crippen LogP contribution in [-0.4, -0.2) is 92.1 Å². The topological polar surface area (TPSA) is 260 Å². The highest BCUT2D eigenvalue weighted by Crippen LogP contribution is 2.53. The molecule has 1 aromatic heterocycles. The molecule has 0 fully saturated rings. The van der Waals surface area contributed by atoms with Gasteiger partial charge in [-0.3, -0.25) is 38.3 Å². The molecule has 2 atom stereocenters. The number of aryl methyl sites for hydroxylation is 1. The van der Waals surface area contributed by atoms with Crippen LogP contribution in [0.4, 0.5) is 8.78 Å². The Hall–Kier alpha value is -5.50. The Kier molecular flexibility index (Phi) is 17.6. The molecule has 0 unspecified atom stereocenters. The summed E-state index contributed by atoms with van der Waals surface area (Å²) in [4.78, 5) is 96.6. The van der Waals surface area contributed by atoms with Crippen LogP contribution in [0.15, 0.2) is 46.5 Å². The van der Waals surface area contributed by atoms with Gasteiger partial charge in [0.05, 0.1) is 35.8 Å². The largest absolute Gasteiger partial charge is 0.524 e. The molecule has 4 N–H and O–H groups in total. The van der Waals surface area contributed by atoms with Crippen LogP contribution in [0.5, 0.6) is 11.5 Å². The van der Waals surface area contributed by atoms with Crippen molar-refractivity contribution in [1.29, 1.82) is 0 Å². The van der Waals surface area contributed by atoms with Crippen LogP contribution in [0.3, 0.4) is 0 Å². The number of phosphoric ester groups is 1. The fourth-order valence-corrected chi connectivity index (χ4v) is 10.9. The molecule has 71 heavy (non-hydrogen) atoms. The van der Waals surface area contributed by atoms with E-state index in [0.29, 0.717) is 23.8 Å². The number of carbonyl (C=O) groups excluding carboxylic acids is 4. The Balaban J connectivity index is 1.45. The molecule has 2 aliphatic rings. The number of halogens is 2. The number of benzene rings is 2. The molecule has 3 aromatic rings. The molecule has 2 aliphatic heterocycles. The average molecular weight is 1040 g/mol. The van der Waals surface area contributed by atoms with Gasteiger partial charge in [-0.25, -0.2) is 13.3 Å². The Morgan fingerprint density at radius 1 is 0.944 bits per heavy atom. The van der Waals surface area contributed by atoms with Crippen molar-refractivity contribution in [3.05, 3.63) is 91.9 Å². The normalized spacial score (nSPS) is 17.5. The number of nitrogens with one attached hydrogen (secondary N) is 2. The van der Waals surface area contributed by atoms with Gasteiger partial charge >= 0.3 is 21.4 Å². The minimum atomic E-state index is -5.24. The number of aromatic nitrogens is 1. The lowest BCUT2D eigenvalue weighted by atomic mass is 9.77. The van der Waals surface area contributed by atoms with Crippen LogP contribution in [0.1, 0.15) is 138 Å². The van der Waals surface area contributed by atoms with E-state index in [0.717, 1.165) is 12.1 Å². The van der Waals surface area contributed by atoms with Crippen molar-refractivity contribution in [2.24, 2.45) is 5.16 Å². The summed E-state index contributed by atoms with van der Waals surface area (Å²) in [5.74, 6) is -6.05. The number of pyridine rings is 1. The number of rotatable bonds is 17.